The van der Waals surface area contributed by atoms with Gasteiger partial charge in [0.2, 0.25) is 5.88 Å². The van der Waals surface area contributed by atoms with Gasteiger partial charge in [-0.1, -0.05) is 23.7 Å². The Kier molecular flexibility index (Phi) is 4.54. The number of benzene rings is 1. The van der Waals surface area contributed by atoms with Gasteiger partial charge in [-0.3, -0.25) is 0 Å². The van der Waals surface area contributed by atoms with E-state index in [0.717, 1.165) is 6.42 Å². The third kappa shape index (κ3) is 3.56. The van der Waals surface area contributed by atoms with Crippen LogP contribution in [-0.2, 0) is 11.2 Å². The second-order valence-electron chi connectivity index (χ2n) is 3.87. The predicted octanol–water partition coefficient (Wildman–Crippen LogP) is 2.69. The maximum Gasteiger partial charge on any atom is 0.243 e. The molecule has 100 valence electrons. The Morgan fingerprint density at radius 3 is 2.63 bits per heavy atom. The topological polar surface area (TPSA) is 70.3 Å². The lowest BCUT2D eigenvalue weighted by Gasteiger charge is -2.07. The largest absolute Gasteiger partial charge is 0.437 e. The summed E-state index contributed by atoms with van der Waals surface area (Å²) in [5, 5.41) is 0.214. The molecule has 0 saturated carbocycles. The Balaban J connectivity index is 2.09. The number of nitrogen functional groups attached to an aromatic ring is 1. The Labute approximate surface area is 116 Å². The molecule has 0 saturated heterocycles. The molecule has 0 bridgehead atoms. The van der Waals surface area contributed by atoms with E-state index in [0.29, 0.717) is 12.4 Å². The zero-order valence-corrected chi connectivity index (χ0v) is 11.2. The molecule has 1 aromatic carbocycles. The average Bonchev–Trinajstić information content (AvgIpc) is 2.43. The molecule has 0 amide bonds. The summed E-state index contributed by atoms with van der Waals surface area (Å²) in [7, 11) is 1.68. The molecule has 2 aromatic rings. The first kappa shape index (κ1) is 13.6. The number of halogens is 1. The molecule has 5 nitrogen and oxygen atoms in total. The predicted molar refractivity (Wildman–Crippen MR) is 73.6 cm³/mol. The first-order valence-electron chi connectivity index (χ1n) is 5.72. The minimum atomic E-state index is 0.198. The second kappa shape index (κ2) is 6.36. The lowest BCUT2D eigenvalue weighted by molar-refractivity contribution is 0.202. The minimum Gasteiger partial charge on any atom is -0.437 e. The molecule has 6 heteroatoms. The smallest absolute Gasteiger partial charge is 0.243 e. The van der Waals surface area contributed by atoms with Gasteiger partial charge in [-0.25, -0.2) is 4.98 Å². The summed E-state index contributed by atoms with van der Waals surface area (Å²) in [6.45, 7) is 0.689. The van der Waals surface area contributed by atoms with Crippen molar-refractivity contribution in [2.75, 3.05) is 19.5 Å². The van der Waals surface area contributed by atoms with Crippen LogP contribution in [0.1, 0.15) is 5.56 Å². The van der Waals surface area contributed by atoms with E-state index in [4.69, 9.17) is 26.8 Å². The van der Waals surface area contributed by atoms with Crippen LogP contribution in [0, 0.1) is 0 Å². The molecule has 0 spiro atoms. The molecule has 19 heavy (non-hydrogen) atoms. The van der Waals surface area contributed by atoms with Gasteiger partial charge in [0.15, 0.2) is 0 Å². The minimum absolute atomic E-state index is 0.198. The summed E-state index contributed by atoms with van der Waals surface area (Å²) < 4.78 is 10.6. The number of nitrogens with zero attached hydrogens (tertiary/aromatic N) is 2. The van der Waals surface area contributed by atoms with Crippen LogP contribution in [0.3, 0.4) is 0 Å². The fourth-order valence-electron chi connectivity index (χ4n) is 1.49. The van der Waals surface area contributed by atoms with Crippen LogP contribution in [0.15, 0.2) is 30.6 Å². The molecule has 0 atom stereocenters. The van der Waals surface area contributed by atoms with Gasteiger partial charge in [-0.2, -0.15) is 4.98 Å². The van der Waals surface area contributed by atoms with Gasteiger partial charge < -0.3 is 15.2 Å². The number of hydrogen-bond acceptors (Lipinski definition) is 5. The van der Waals surface area contributed by atoms with E-state index in [-0.39, 0.29) is 16.7 Å². The number of ether oxygens (including phenoxy) is 2. The number of hydrogen-bond donors (Lipinski definition) is 1. The van der Waals surface area contributed by atoms with Crippen LogP contribution in [0.4, 0.5) is 5.82 Å². The molecule has 0 aliphatic rings. The summed E-state index contributed by atoms with van der Waals surface area (Å²) in [5.74, 6) is 1.09. The van der Waals surface area contributed by atoms with Gasteiger partial charge in [0.1, 0.15) is 22.9 Å². The van der Waals surface area contributed by atoms with E-state index < -0.39 is 0 Å². The van der Waals surface area contributed by atoms with Crippen molar-refractivity contribution < 1.29 is 9.47 Å². The van der Waals surface area contributed by atoms with Crippen molar-refractivity contribution in [3.05, 3.63) is 41.2 Å². The highest BCUT2D eigenvalue weighted by Crippen LogP contribution is 2.29. The number of aromatic nitrogens is 2. The van der Waals surface area contributed by atoms with Crippen molar-refractivity contribution in [3.8, 4) is 11.6 Å². The number of anilines is 1. The van der Waals surface area contributed by atoms with Crippen molar-refractivity contribution in [3.63, 3.8) is 0 Å². The number of methoxy groups -OCH3 is 1. The normalized spacial score (nSPS) is 10.4. The van der Waals surface area contributed by atoms with Crippen molar-refractivity contribution in [2.45, 2.75) is 6.42 Å². The third-order valence-electron chi connectivity index (χ3n) is 2.52. The van der Waals surface area contributed by atoms with Crippen molar-refractivity contribution in [1.82, 2.24) is 9.97 Å². The Morgan fingerprint density at radius 1 is 1.21 bits per heavy atom. The number of rotatable bonds is 5. The summed E-state index contributed by atoms with van der Waals surface area (Å²) in [4.78, 5) is 7.71. The van der Waals surface area contributed by atoms with Crippen LogP contribution in [0.5, 0.6) is 11.6 Å². The van der Waals surface area contributed by atoms with Gasteiger partial charge >= 0.3 is 0 Å². The highest BCUT2D eigenvalue weighted by atomic mass is 35.5. The number of nitrogens with two attached hydrogens (primary N) is 1. The fraction of sp³-hybridized carbons (Fsp3) is 0.231. The van der Waals surface area contributed by atoms with Crippen LogP contribution in [0.2, 0.25) is 5.02 Å². The first-order valence-corrected chi connectivity index (χ1v) is 6.10. The molecule has 1 aromatic heterocycles. The first-order chi connectivity index (χ1) is 9.20. The van der Waals surface area contributed by atoms with E-state index in [1.54, 1.807) is 7.11 Å². The van der Waals surface area contributed by atoms with Gasteiger partial charge in [0.05, 0.1) is 6.61 Å². The lowest BCUT2D eigenvalue weighted by atomic mass is 10.1. The molecule has 0 radical (unpaired) electrons. The molecule has 0 unspecified atom stereocenters. The van der Waals surface area contributed by atoms with Crippen molar-refractivity contribution >= 4 is 17.4 Å². The highest BCUT2D eigenvalue weighted by molar-refractivity contribution is 6.34. The Morgan fingerprint density at radius 2 is 1.95 bits per heavy atom. The highest BCUT2D eigenvalue weighted by Gasteiger charge is 2.08. The summed E-state index contributed by atoms with van der Waals surface area (Å²) >= 11 is 5.95. The van der Waals surface area contributed by atoms with E-state index in [1.807, 2.05) is 24.3 Å². The average molecular weight is 280 g/mol. The zero-order valence-electron chi connectivity index (χ0n) is 10.5. The van der Waals surface area contributed by atoms with Gasteiger partial charge in [-0.05, 0) is 24.1 Å². The second-order valence-corrected chi connectivity index (χ2v) is 4.24. The van der Waals surface area contributed by atoms with Crippen LogP contribution >= 0.6 is 11.6 Å². The summed E-state index contributed by atoms with van der Waals surface area (Å²) in [5.41, 5.74) is 6.75. The lowest BCUT2D eigenvalue weighted by Crippen LogP contribution is -1.97. The third-order valence-corrected chi connectivity index (χ3v) is 2.87. The molecule has 2 N–H and O–H groups in total. The molecule has 0 aliphatic carbocycles. The molecule has 2 rings (SSSR count). The molecule has 0 aliphatic heterocycles. The van der Waals surface area contributed by atoms with Gasteiger partial charge in [0.25, 0.3) is 0 Å². The van der Waals surface area contributed by atoms with E-state index in [2.05, 4.69) is 9.97 Å². The van der Waals surface area contributed by atoms with Crippen LogP contribution in [0.25, 0.3) is 0 Å². The zero-order chi connectivity index (χ0) is 13.7. The van der Waals surface area contributed by atoms with Crippen LogP contribution in [-0.4, -0.2) is 23.7 Å². The summed E-state index contributed by atoms with van der Waals surface area (Å²) in [6.07, 6.45) is 2.17. The maximum atomic E-state index is 5.95. The van der Waals surface area contributed by atoms with E-state index in [9.17, 15) is 0 Å². The van der Waals surface area contributed by atoms with Crippen LogP contribution < -0.4 is 10.5 Å². The molecular formula is C13H14ClN3O2. The fourth-order valence-corrected chi connectivity index (χ4v) is 1.63. The Hall–Kier alpha value is -1.85. The van der Waals surface area contributed by atoms with Crippen molar-refractivity contribution in [2.24, 2.45) is 0 Å². The van der Waals surface area contributed by atoms with Gasteiger partial charge in [0, 0.05) is 7.11 Å². The van der Waals surface area contributed by atoms with E-state index >= 15 is 0 Å². The molecule has 0 fully saturated rings. The molecular weight excluding hydrogens is 266 g/mol. The maximum absolute atomic E-state index is 5.95. The van der Waals surface area contributed by atoms with Crippen molar-refractivity contribution in [1.29, 1.82) is 0 Å². The Bertz CT molecular complexity index is 546. The summed E-state index contributed by atoms with van der Waals surface area (Å²) in [6, 6.07) is 7.62. The SMILES string of the molecule is COCCc1ccc(Oc2ncnc(N)c2Cl)cc1. The van der Waals surface area contributed by atoms with Gasteiger partial charge in [-0.15, -0.1) is 0 Å². The monoisotopic (exact) mass is 279 g/mol. The molecule has 1 heterocycles. The quantitative estimate of drug-likeness (QED) is 0.911. The van der Waals surface area contributed by atoms with E-state index in [1.165, 1.54) is 11.9 Å². The standard InChI is InChI=1S/C13H14ClN3O2/c1-18-7-6-9-2-4-10(5-3-9)19-13-11(14)12(15)16-8-17-13/h2-5,8H,6-7H2,1H3,(H2,15,16,17).